The number of likely N-dealkylation sites (N-methyl/N-ethyl adjacent to an activating group) is 2. The number of hydrogen-bond donors (Lipinski definition) is 0. The normalized spacial score (nSPS) is 20.0. The molecule has 0 aromatic carbocycles. The second-order valence-electron chi connectivity index (χ2n) is 3.71. The number of amides is 1. The van der Waals surface area contributed by atoms with Crippen LogP contribution in [-0.2, 0) is 4.79 Å². The summed E-state index contributed by atoms with van der Waals surface area (Å²) in [6, 6.07) is -0.214. The third-order valence-corrected chi connectivity index (χ3v) is 3.03. The Hall–Kier alpha value is -1.36. The molecule has 0 radical (unpaired) electrons. The molecular weight excluding hydrogens is 228 g/mol. The molecule has 6 heteroatoms. The topological polar surface area (TPSA) is 49.3 Å². The van der Waals surface area contributed by atoms with Gasteiger partial charge in [-0.1, -0.05) is 0 Å². The van der Waals surface area contributed by atoms with Crippen LogP contribution in [0, 0.1) is 0 Å². The second kappa shape index (κ2) is 3.90. The fraction of sp³-hybridized carbons (Fsp3) is 0.500. The monoisotopic (exact) mass is 240 g/mol. The van der Waals surface area contributed by atoms with Gasteiger partial charge in [-0.3, -0.25) is 4.79 Å². The number of carbonyl (C=O) groups is 1. The predicted molar refractivity (Wildman–Crippen MR) is 62.9 cm³/mol. The highest BCUT2D eigenvalue weighted by molar-refractivity contribution is 6.28. The summed E-state index contributed by atoms with van der Waals surface area (Å²) in [6.07, 6.45) is 1.58. The van der Waals surface area contributed by atoms with Crippen molar-refractivity contribution in [3.63, 3.8) is 0 Å². The quantitative estimate of drug-likeness (QED) is 0.695. The van der Waals surface area contributed by atoms with E-state index in [-0.39, 0.29) is 17.2 Å². The first-order valence-electron chi connectivity index (χ1n) is 5.13. The molecule has 16 heavy (non-hydrogen) atoms. The van der Waals surface area contributed by atoms with Gasteiger partial charge in [0.25, 0.3) is 0 Å². The van der Waals surface area contributed by atoms with E-state index in [4.69, 9.17) is 11.6 Å². The van der Waals surface area contributed by atoms with Crippen LogP contribution in [0.3, 0.4) is 0 Å². The van der Waals surface area contributed by atoms with Gasteiger partial charge < -0.3 is 9.80 Å². The van der Waals surface area contributed by atoms with Gasteiger partial charge in [-0.2, -0.15) is 4.98 Å². The molecule has 1 aromatic rings. The fourth-order valence-electron chi connectivity index (χ4n) is 1.93. The van der Waals surface area contributed by atoms with E-state index < -0.39 is 0 Å². The molecule has 0 N–H and O–H groups in total. The molecule has 0 bridgehead atoms. The van der Waals surface area contributed by atoms with Crippen molar-refractivity contribution in [1.82, 2.24) is 9.97 Å². The lowest BCUT2D eigenvalue weighted by Gasteiger charge is -2.38. The van der Waals surface area contributed by atoms with Crippen LogP contribution in [0.15, 0.2) is 6.20 Å². The summed E-state index contributed by atoms with van der Waals surface area (Å²) in [7, 11) is 1.72. The highest BCUT2D eigenvalue weighted by Crippen LogP contribution is 2.33. The number of rotatable bonds is 1. The summed E-state index contributed by atoms with van der Waals surface area (Å²) < 4.78 is 0. The van der Waals surface area contributed by atoms with E-state index in [1.54, 1.807) is 18.1 Å². The average Bonchev–Trinajstić information content (AvgIpc) is 2.27. The van der Waals surface area contributed by atoms with Crippen LogP contribution in [0.25, 0.3) is 0 Å². The summed E-state index contributed by atoms with van der Waals surface area (Å²) in [6.45, 7) is 4.55. The summed E-state index contributed by atoms with van der Waals surface area (Å²) in [5.74, 6) is 0.761. The molecule has 1 aromatic heterocycles. The van der Waals surface area contributed by atoms with Gasteiger partial charge in [-0.05, 0) is 25.4 Å². The number of hydrogen-bond acceptors (Lipinski definition) is 4. The van der Waals surface area contributed by atoms with Gasteiger partial charge in [0.05, 0.1) is 6.20 Å². The Bertz CT molecular complexity index is 437. The van der Waals surface area contributed by atoms with E-state index in [2.05, 4.69) is 9.97 Å². The smallest absolute Gasteiger partial charge is 0.249 e. The Labute approximate surface area is 99.0 Å². The van der Waals surface area contributed by atoms with Crippen LogP contribution in [0.5, 0.6) is 0 Å². The molecule has 5 nitrogen and oxygen atoms in total. The van der Waals surface area contributed by atoms with Gasteiger partial charge in [0, 0.05) is 13.6 Å². The maximum absolute atomic E-state index is 11.9. The molecule has 0 saturated heterocycles. The second-order valence-corrected chi connectivity index (χ2v) is 4.05. The summed E-state index contributed by atoms with van der Waals surface area (Å²) in [5.41, 5.74) is 0.703. The van der Waals surface area contributed by atoms with E-state index in [9.17, 15) is 4.79 Å². The van der Waals surface area contributed by atoms with Crippen molar-refractivity contribution < 1.29 is 4.79 Å². The van der Waals surface area contributed by atoms with E-state index in [1.807, 2.05) is 18.7 Å². The van der Waals surface area contributed by atoms with Crippen molar-refractivity contribution in [3.8, 4) is 0 Å². The number of halogens is 1. The zero-order chi connectivity index (χ0) is 11.9. The summed E-state index contributed by atoms with van der Waals surface area (Å²) in [4.78, 5) is 23.5. The third-order valence-electron chi connectivity index (χ3n) is 2.85. The Kier molecular flexibility index (Phi) is 2.71. The average molecular weight is 241 g/mol. The highest BCUT2D eigenvalue weighted by atomic mass is 35.5. The van der Waals surface area contributed by atoms with Crippen LogP contribution in [0.4, 0.5) is 11.5 Å². The van der Waals surface area contributed by atoms with Crippen LogP contribution in [-0.4, -0.2) is 35.5 Å². The Morgan fingerprint density at radius 2 is 2.25 bits per heavy atom. The predicted octanol–water partition coefficient (Wildman–Crippen LogP) is 1.32. The van der Waals surface area contributed by atoms with Gasteiger partial charge in [0.2, 0.25) is 11.2 Å². The van der Waals surface area contributed by atoms with Crippen molar-refractivity contribution in [1.29, 1.82) is 0 Å². The van der Waals surface area contributed by atoms with Crippen LogP contribution < -0.4 is 9.80 Å². The third kappa shape index (κ3) is 1.51. The molecule has 2 rings (SSSR count). The summed E-state index contributed by atoms with van der Waals surface area (Å²) >= 11 is 5.78. The first-order valence-corrected chi connectivity index (χ1v) is 5.50. The fourth-order valence-corrected chi connectivity index (χ4v) is 2.06. The van der Waals surface area contributed by atoms with Gasteiger partial charge in [0.1, 0.15) is 11.7 Å². The minimum Gasteiger partial charge on any atom is -0.343 e. The maximum Gasteiger partial charge on any atom is 0.249 e. The van der Waals surface area contributed by atoms with Crippen molar-refractivity contribution in [2.24, 2.45) is 0 Å². The first kappa shape index (κ1) is 11.1. The Morgan fingerprint density at radius 1 is 1.56 bits per heavy atom. The van der Waals surface area contributed by atoms with Crippen molar-refractivity contribution in [3.05, 3.63) is 11.5 Å². The maximum atomic E-state index is 11.9. The zero-order valence-corrected chi connectivity index (χ0v) is 10.2. The Morgan fingerprint density at radius 3 is 2.88 bits per heavy atom. The molecule has 1 aliphatic rings. The van der Waals surface area contributed by atoms with E-state index in [0.29, 0.717) is 12.2 Å². The van der Waals surface area contributed by atoms with Gasteiger partial charge >= 0.3 is 0 Å². The first-order chi connectivity index (χ1) is 7.56. The van der Waals surface area contributed by atoms with E-state index in [1.165, 1.54) is 0 Å². The minimum absolute atomic E-state index is 0.0419. The molecule has 1 atom stereocenters. The SMILES string of the molecule is CCN1c2nc(Cl)ncc2N(C)C(=O)[C@@H]1C. The lowest BCUT2D eigenvalue weighted by Crippen LogP contribution is -2.51. The molecule has 86 valence electrons. The summed E-state index contributed by atoms with van der Waals surface area (Å²) in [5, 5.41) is 0.201. The molecule has 0 spiro atoms. The molecule has 0 unspecified atom stereocenters. The largest absolute Gasteiger partial charge is 0.343 e. The molecular formula is C10H13ClN4O. The number of nitrogens with zero attached hydrogens (tertiary/aromatic N) is 4. The number of carbonyl (C=O) groups excluding carboxylic acids is 1. The lowest BCUT2D eigenvalue weighted by molar-refractivity contribution is -0.119. The standard InChI is InChI=1S/C10H13ClN4O/c1-4-15-6(2)9(16)14(3)7-5-12-10(11)13-8(7)15/h5-6H,4H2,1-3H3/t6-/m0/s1. The molecule has 1 aliphatic heterocycles. The van der Waals surface area contributed by atoms with Crippen molar-refractivity contribution in [2.75, 3.05) is 23.4 Å². The van der Waals surface area contributed by atoms with Crippen molar-refractivity contribution in [2.45, 2.75) is 19.9 Å². The number of fused-ring (bicyclic) bond motifs is 1. The van der Waals surface area contributed by atoms with Crippen LogP contribution in [0.1, 0.15) is 13.8 Å². The van der Waals surface area contributed by atoms with Crippen molar-refractivity contribution >= 4 is 29.0 Å². The number of aromatic nitrogens is 2. The lowest BCUT2D eigenvalue weighted by atomic mass is 10.1. The molecule has 0 aliphatic carbocycles. The number of anilines is 2. The van der Waals surface area contributed by atoms with Crippen LogP contribution in [0.2, 0.25) is 5.28 Å². The van der Waals surface area contributed by atoms with Gasteiger partial charge in [-0.15, -0.1) is 0 Å². The molecule has 0 saturated carbocycles. The molecule has 2 heterocycles. The van der Waals surface area contributed by atoms with E-state index >= 15 is 0 Å². The highest BCUT2D eigenvalue weighted by Gasteiger charge is 2.34. The Balaban J connectivity index is 2.58. The molecule has 1 amide bonds. The molecule has 0 fully saturated rings. The zero-order valence-electron chi connectivity index (χ0n) is 9.44. The van der Waals surface area contributed by atoms with Gasteiger partial charge in [-0.25, -0.2) is 4.98 Å². The van der Waals surface area contributed by atoms with E-state index in [0.717, 1.165) is 5.82 Å². The van der Waals surface area contributed by atoms with Crippen LogP contribution >= 0.6 is 11.6 Å². The van der Waals surface area contributed by atoms with Gasteiger partial charge in [0.15, 0.2) is 5.82 Å². The minimum atomic E-state index is -0.214.